The molecule has 5 nitrogen and oxygen atoms in total. The highest BCUT2D eigenvalue weighted by molar-refractivity contribution is 8.00. The predicted molar refractivity (Wildman–Crippen MR) is 98.2 cm³/mol. The van der Waals surface area contributed by atoms with E-state index in [0.29, 0.717) is 11.7 Å². The molecule has 0 saturated carbocycles. The number of hydrogen-bond acceptors (Lipinski definition) is 4. The largest absolute Gasteiger partial charge is 0.351 e. The first kappa shape index (κ1) is 17.0. The molecule has 126 valence electrons. The highest BCUT2D eigenvalue weighted by Gasteiger charge is 2.22. The van der Waals surface area contributed by atoms with Crippen molar-refractivity contribution in [3.8, 4) is 0 Å². The topological polar surface area (TPSA) is 74.8 Å². The Labute approximate surface area is 149 Å². The predicted octanol–water partition coefficient (Wildman–Crippen LogP) is 2.92. The van der Waals surface area contributed by atoms with Crippen LogP contribution < -0.4 is 10.9 Å². The summed E-state index contributed by atoms with van der Waals surface area (Å²) in [6.07, 6.45) is 1.44. The van der Waals surface area contributed by atoms with Crippen molar-refractivity contribution in [3.63, 3.8) is 0 Å². The summed E-state index contributed by atoms with van der Waals surface area (Å²) < 4.78 is 0. The lowest BCUT2D eigenvalue weighted by Crippen LogP contribution is -2.27. The number of H-pyrrole nitrogens is 1. The fourth-order valence-electron chi connectivity index (χ4n) is 2.30. The van der Waals surface area contributed by atoms with Gasteiger partial charge in [-0.1, -0.05) is 72.4 Å². The maximum absolute atomic E-state index is 12.8. The molecule has 3 aromatic rings. The van der Waals surface area contributed by atoms with Crippen LogP contribution in [0.15, 0.2) is 82.9 Å². The lowest BCUT2D eigenvalue weighted by molar-refractivity contribution is -0.120. The van der Waals surface area contributed by atoms with Crippen molar-refractivity contribution in [2.75, 3.05) is 0 Å². The van der Waals surface area contributed by atoms with Gasteiger partial charge in [0.1, 0.15) is 5.25 Å². The molecule has 0 bridgehead atoms. The summed E-state index contributed by atoms with van der Waals surface area (Å²) in [5, 5.41) is 2.86. The maximum atomic E-state index is 12.8. The number of rotatable bonds is 6. The first-order valence-corrected chi connectivity index (χ1v) is 8.69. The summed E-state index contributed by atoms with van der Waals surface area (Å²) in [6, 6.07) is 20.5. The smallest absolute Gasteiger partial charge is 0.251 e. The van der Waals surface area contributed by atoms with Crippen LogP contribution in [0.25, 0.3) is 0 Å². The Morgan fingerprint density at radius 1 is 1.04 bits per heavy atom. The monoisotopic (exact) mass is 351 g/mol. The maximum Gasteiger partial charge on any atom is 0.251 e. The van der Waals surface area contributed by atoms with Gasteiger partial charge >= 0.3 is 0 Å². The zero-order valence-electron chi connectivity index (χ0n) is 13.4. The molecule has 2 aromatic carbocycles. The summed E-state index contributed by atoms with van der Waals surface area (Å²) >= 11 is 1.22. The molecular formula is C19H17N3O2S. The molecule has 2 N–H and O–H groups in total. The van der Waals surface area contributed by atoms with Crippen LogP contribution in [-0.4, -0.2) is 15.9 Å². The molecule has 0 spiro atoms. The third-order valence-corrected chi connectivity index (χ3v) is 4.68. The standard InChI is InChI=1S/C19H17N3O2S/c23-16-11-12-20-19(22-16)25-17(15-9-5-2-6-10-15)18(24)21-13-14-7-3-1-4-8-14/h1-12,17H,13H2,(H,21,24)(H,20,22,23)/t17-/m1/s1. The Kier molecular flexibility index (Phi) is 5.64. The van der Waals surface area contributed by atoms with Gasteiger partial charge in [-0.05, 0) is 11.1 Å². The van der Waals surface area contributed by atoms with Gasteiger partial charge in [0, 0.05) is 18.8 Å². The van der Waals surface area contributed by atoms with E-state index in [2.05, 4.69) is 15.3 Å². The van der Waals surface area contributed by atoms with Crippen LogP contribution in [0.5, 0.6) is 0 Å². The van der Waals surface area contributed by atoms with E-state index in [1.165, 1.54) is 24.0 Å². The fourth-order valence-corrected chi connectivity index (χ4v) is 3.29. The number of nitrogens with zero attached hydrogens (tertiary/aromatic N) is 1. The Balaban J connectivity index is 1.78. The number of thioether (sulfide) groups is 1. The van der Waals surface area contributed by atoms with Crippen molar-refractivity contribution in [2.24, 2.45) is 0 Å². The molecule has 3 rings (SSSR count). The first-order chi connectivity index (χ1) is 12.2. The molecule has 0 aliphatic heterocycles. The number of nitrogens with one attached hydrogen (secondary N) is 2. The summed E-state index contributed by atoms with van der Waals surface area (Å²) in [6.45, 7) is 0.447. The Morgan fingerprint density at radius 2 is 1.72 bits per heavy atom. The van der Waals surface area contributed by atoms with E-state index in [1.807, 2.05) is 60.7 Å². The van der Waals surface area contributed by atoms with Crippen LogP contribution in [0.3, 0.4) is 0 Å². The quantitative estimate of drug-likeness (QED) is 0.529. The lowest BCUT2D eigenvalue weighted by atomic mass is 10.1. The molecule has 0 fully saturated rings. The number of carbonyl (C=O) groups excluding carboxylic acids is 1. The van der Waals surface area contributed by atoms with Gasteiger partial charge in [0.25, 0.3) is 5.56 Å². The van der Waals surface area contributed by atoms with Crippen molar-refractivity contribution >= 4 is 17.7 Å². The van der Waals surface area contributed by atoms with E-state index in [-0.39, 0.29) is 11.5 Å². The number of aromatic nitrogens is 2. The van der Waals surface area contributed by atoms with Crippen LogP contribution in [0, 0.1) is 0 Å². The van der Waals surface area contributed by atoms with Gasteiger partial charge in [-0.15, -0.1) is 0 Å². The molecule has 1 amide bonds. The fraction of sp³-hybridized carbons (Fsp3) is 0.105. The molecule has 0 unspecified atom stereocenters. The highest BCUT2D eigenvalue weighted by atomic mass is 32.2. The lowest BCUT2D eigenvalue weighted by Gasteiger charge is -2.16. The van der Waals surface area contributed by atoms with Crippen molar-refractivity contribution in [2.45, 2.75) is 17.0 Å². The van der Waals surface area contributed by atoms with Gasteiger partial charge in [-0.25, -0.2) is 4.98 Å². The summed E-state index contributed by atoms with van der Waals surface area (Å²) in [5.41, 5.74) is 1.64. The number of aromatic amines is 1. The summed E-state index contributed by atoms with van der Waals surface area (Å²) in [4.78, 5) is 31.0. The van der Waals surface area contributed by atoms with E-state index in [0.717, 1.165) is 11.1 Å². The van der Waals surface area contributed by atoms with Crippen molar-refractivity contribution in [1.29, 1.82) is 0 Å². The minimum Gasteiger partial charge on any atom is -0.351 e. The minimum atomic E-state index is -0.504. The molecular weight excluding hydrogens is 334 g/mol. The van der Waals surface area contributed by atoms with Gasteiger partial charge in [-0.2, -0.15) is 0 Å². The van der Waals surface area contributed by atoms with E-state index in [1.54, 1.807) is 0 Å². The third-order valence-electron chi connectivity index (χ3n) is 3.53. The minimum absolute atomic E-state index is 0.133. The third kappa shape index (κ3) is 4.81. The van der Waals surface area contributed by atoms with E-state index >= 15 is 0 Å². The normalized spacial score (nSPS) is 11.7. The van der Waals surface area contributed by atoms with Crippen molar-refractivity contribution in [3.05, 3.63) is 94.4 Å². The average Bonchev–Trinajstić information content (AvgIpc) is 2.66. The SMILES string of the molecule is O=C(NCc1ccccc1)[C@H](Sc1nccc(=O)[nH]1)c1ccccc1. The number of hydrogen-bond donors (Lipinski definition) is 2. The van der Waals surface area contributed by atoms with Crippen LogP contribution in [0.4, 0.5) is 0 Å². The van der Waals surface area contributed by atoms with E-state index < -0.39 is 5.25 Å². The Hall–Kier alpha value is -2.86. The summed E-state index contributed by atoms with van der Waals surface area (Å²) in [7, 11) is 0. The van der Waals surface area contributed by atoms with Crippen molar-refractivity contribution in [1.82, 2.24) is 15.3 Å². The van der Waals surface area contributed by atoms with Crippen LogP contribution in [-0.2, 0) is 11.3 Å². The second-order valence-electron chi connectivity index (χ2n) is 5.35. The number of carbonyl (C=O) groups is 1. The van der Waals surface area contributed by atoms with Gasteiger partial charge in [0.05, 0.1) is 0 Å². The van der Waals surface area contributed by atoms with Gasteiger partial charge in [0.2, 0.25) is 5.91 Å². The zero-order chi connectivity index (χ0) is 17.5. The zero-order valence-corrected chi connectivity index (χ0v) is 14.2. The highest BCUT2D eigenvalue weighted by Crippen LogP contribution is 2.32. The molecule has 1 atom stereocenters. The van der Waals surface area contributed by atoms with Gasteiger partial charge < -0.3 is 10.3 Å². The van der Waals surface area contributed by atoms with E-state index in [9.17, 15) is 9.59 Å². The van der Waals surface area contributed by atoms with E-state index in [4.69, 9.17) is 0 Å². The molecule has 6 heteroatoms. The molecule has 25 heavy (non-hydrogen) atoms. The average molecular weight is 351 g/mol. The Morgan fingerprint density at radius 3 is 2.40 bits per heavy atom. The number of benzene rings is 2. The molecule has 1 heterocycles. The second-order valence-corrected chi connectivity index (χ2v) is 6.45. The van der Waals surface area contributed by atoms with Gasteiger partial charge in [0.15, 0.2) is 5.16 Å². The molecule has 0 aliphatic rings. The summed E-state index contributed by atoms with van der Waals surface area (Å²) in [5.74, 6) is -0.133. The van der Waals surface area contributed by atoms with Crippen LogP contribution in [0.2, 0.25) is 0 Å². The Bertz CT molecular complexity index is 882. The first-order valence-electron chi connectivity index (χ1n) is 7.81. The molecule has 1 aromatic heterocycles. The molecule has 0 saturated heterocycles. The van der Waals surface area contributed by atoms with Gasteiger partial charge in [-0.3, -0.25) is 9.59 Å². The second kappa shape index (κ2) is 8.30. The molecule has 0 radical (unpaired) electrons. The van der Waals surface area contributed by atoms with Crippen LogP contribution in [0.1, 0.15) is 16.4 Å². The number of amides is 1. The van der Waals surface area contributed by atoms with Crippen LogP contribution >= 0.6 is 11.8 Å². The molecule has 0 aliphatic carbocycles. The van der Waals surface area contributed by atoms with Crippen molar-refractivity contribution < 1.29 is 4.79 Å².